The maximum atomic E-state index is 12.6. The smallest absolute Gasteiger partial charge is 0.359 e. The van der Waals surface area contributed by atoms with Gasteiger partial charge in [0.05, 0.1) is 17.5 Å². The molecule has 2 heterocycles. The van der Waals surface area contributed by atoms with E-state index in [1.54, 1.807) is 38.1 Å². The van der Waals surface area contributed by atoms with Crippen LogP contribution in [0.2, 0.25) is 0 Å². The van der Waals surface area contributed by atoms with Crippen LogP contribution in [0.5, 0.6) is 0 Å². The van der Waals surface area contributed by atoms with E-state index in [1.165, 1.54) is 16.0 Å². The summed E-state index contributed by atoms with van der Waals surface area (Å²) >= 11 is 1.54. The van der Waals surface area contributed by atoms with Gasteiger partial charge in [-0.15, -0.1) is 11.3 Å². The lowest BCUT2D eigenvalue weighted by atomic mass is 10.1. The molecule has 1 N–H and O–H groups in total. The molecule has 28 heavy (non-hydrogen) atoms. The van der Waals surface area contributed by atoms with E-state index < -0.39 is 18.5 Å². The zero-order valence-corrected chi connectivity index (χ0v) is 16.7. The summed E-state index contributed by atoms with van der Waals surface area (Å²) < 4.78 is 6.41. The number of nitrogens with zero attached hydrogens (tertiary/aromatic N) is 2. The van der Waals surface area contributed by atoms with E-state index in [2.05, 4.69) is 10.4 Å². The molecule has 146 valence electrons. The molecule has 1 aromatic carbocycles. The highest BCUT2D eigenvalue weighted by Crippen LogP contribution is 2.18. The maximum absolute atomic E-state index is 12.6. The van der Waals surface area contributed by atoms with Crippen LogP contribution in [0.1, 0.15) is 48.2 Å². The van der Waals surface area contributed by atoms with Crippen molar-refractivity contribution in [3.8, 4) is 0 Å². The minimum Gasteiger partial charge on any atom is -0.451 e. The Labute approximate surface area is 165 Å². The number of ether oxygens (including phenoxy) is 1. The van der Waals surface area contributed by atoms with Crippen molar-refractivity contribution in [1.82, 2.24) is 15.1 Å². The molecule has 0 saturated heterocycles. The van der Waals surface area contributed by atoms with E-state index in [9.17, 15) is 14.4 Å². The Morgan fingerprint density at radius 2 is 1.86 bits per heavy atom. The summed E-state index contributed by atoms with van der Waals surface area (Å²) in [5.41, 5.74) is -0.257. The topological polar surface area (TPSA) is 90.3 Å². The molecule has 0 radical (unpaired) electrons. The van der Waals surface area contributed by atoms with E-state index >= 15 is 0 Å². The zero-order chi connectivity index (χ0) is 20.3. The lowest BCUT2D eigenvalue weighted by molar-refractivity contribution is -0.124. The zero-order valence-electron chi connectivity index (χ0n) is 15.8. The van der Waals surface area contributed by atoms with Gasteiger partial charge in [0, 0.05) is 10.3 Å². The summed E-state index contributed by atoms with van der Waals surface area (Å²) in [6.45, 7) is 5.04. The fourth-order valence-electron chi connectivity index (χ4n) is 2.80. The van der Waals surface area contributed by atoms with Gasteiger partial charge in [0.15, 0.2) is 12.3 Å². The summed E-state index contributed by atoms with van der Waals surface area (Å²) in [6.07, 6.45) is 0. The number of aromatic nitrogens is 2. The molecule has 1 amide bonds. The average Bonchev–Trinajstić information content (AvgIpc) is 3.21. The van der Waals surface area contributed by atoms with Gasteiger partial charge in [-0.2, -0.15) is 5.10 Å². The van der Waals surface area contributed by atoms with Crippen LogP contribution in [0.25, 0.3) is 10.8 Å². The van der Waals surface area contributed by atoms with Crippen molar-refractivity contribution < 1.29 is 14.3 Å². The maximum Gasteiger partial charge on any atom is 0.359 e. The number of carbonyl (C=O) groups excluding carboxylic acids is 2. The highest BCUT2D eigenvalue weighted by atomic mass is 32.1. The number of fused-ring (bicyclic) bond motifs is 1. The van der Waals surface area contributed by atoms with Gasteiger partial charge in [-0.05, 0) is 38.3 Å². The van der Waals surface area contributed by atoms with E-state index in [1.807, 2.05) is 24.4 Å². The molecule has 0 aliphatic rings. The summed E-state index contributed by atoms with van der Waals surface area (Å²) in [7, 11) is 0. The van der Waals surface area contributed by atoms with Gasteiger partial charge >= 0.3 is 5.97 Å². The molecule has 8 heteroatoms. The van der Waals surface area contributed by atoms with Crippen molar-refractivity contribution in [1.29, 1.82) is 0 Å². The van der Waals surface area contributed by atoms with E-state index in [0.717, 1.165) is 4.88 Å². The third kappa shape index (κ3) is 4.12. The minimum atomic E-state index is -0.746. The minimum absolute atomic E-state index is 0.0167. The van der Waals surface area contributed by atoms with Crippen LogP contribution < -0.4 is 10.9 Å². The Bertz CT molecular complexity index is 1060. The number of nitrogens with one attached hydrogen (secondary N) is 1. The first-order valence-corrected chi connectivity index (χ1v) is 9.78. The number of rotatable bonds is 6. The van der Waals surface area contributed by atoms with Gasteiger partial charge in [-0.3, -0.25) is 9.59 Å². The fraction of sp³-hybridized carbons (Fsp3) is 0.300. The fourth-order valence-corrected chi connectivity index (χ4v) is 3.53. The van der Waals surface area contributed by atoms with Gasteiger partial charge in [-0.1, -0.05) is 24.3 Å². The van der Waals surface area contributed by atoms with Crippen molar-refractivity contribution in [3.63, 3.8) is 0 Å². The first-order valence-electron chi connectivity index (χ1n) is 8.90. The monoisotopic (exact) mass is 399 g/mol. The van der Waals surface area contributed by atoms with Gasteiger partial charge in [0.1, 0.15) is 0 Å². The van der Waals surface area contributed by atoms with Gasteiger partial charge in [-0.25, -0.2) is 9.48 Å². The van der Waals surface area contributed by atoms with Crippen molar-refractivity contribution in [2.24, 2.45) is 0 Å². The summed E-state index contributed by atoms with van der Waals surface area (Å²) in [5, 5.41) is 9.68. The number of amides is 1. The standard InChI is InChI=1S/C20H21N3O4S/c1-12(2)23-19(25)15-8-5-4-7-14(15)18(22-23)20(26)27-11-17(24)21-13(3)16-9-6-10-28-16/h4-10,12-13H,11H2,1-3H3,(H,21,24)/t13-/m1/s1. The molecular formula is C20H21N3O4S. The summed E-state index contributed by atoms with van der Waals surface area (Å²) in [5.74, 6) is -1.15. The Morgan fingerprint density at radius 3 is 2.50 bits per heavy atom. The van der Waals surface area contributed by atoms with Gasteiger partial charge in [0.25, 0.3) is 11.5 Å². The highest BCUT2D eigenvalue weighted by Gasteiger charge is 2.20. The number of carbonyl (C=O) groups is 2. The van der Waals surface area contributed by atoms with Crippen molar-refractivity contribution in [2.45, 2.75) is 32.9 Å². The lowest BCUT2D eigenvalue weighted by Gasteiger charge is -2.14. The third-order valence-electron chi connectivity index (χ3n) is 4.19. The molecule has 0 bridgehead atoms. The summed E-state index contributed by atoms with van der Waals surface area (Å²) in [6, 6.07) is 10.2. The molecule has 1 atom stereocenters. The molecular weight excluding hydrogens is 378 g/mol. The van der Waals surface area contributed by atoms with E-state index in [-0.39, 0.29) is 23.3 Å². The SMILES string of the molecule is CC(C)n1nc(C(=O)OCC(=O)N[C@H](C)c2cccs2)c2ccccc2c1=O. The molecule has 7 nitrogen and oxygen atoms in total. The lowest BCUT2D eigenvalue weighted by Crippen LogP contribution is -2.32. The molecule has 0 aliphatic carbocycles. The summed E-state index contributed by atoms with van der Waals surface area (Å²) in [4.78, 5) is 38.2. The number of thiophene rings is 1. The second-order valence-electron chi connectivity index (χ2n) is 6.62. The molecule has 3 aromatic rings. The van der Waals surface area contributed by atoms with Crippen molar-refractivity contribution >= 4 is 34.0 Å². The van der Waals surface area contributed by atoms with Crippen LogP contribution in [-0.4, -0.2) is 28.3 Å². The van der Waals surface area contributed by atoms with Crippen LogP contribution in [0.15, 0.2) is 46.6 Å². The van der Waals surface area contributed by atoms with Crippen LogP contribution in [-0.2, 0) is 9.53 Å². The Morgan fingerprint density at radius 1 is 1.14 bits per heavy atom. The largest absolute Gasteiger partial charge is 0.451 e. The number of benzene rings is 1. The molecule has 0 fully saturated rings. The first-order chi connectivity index (χ1) is 13.4. The highest BCUT2D eigenvalue weighted by molar-refractivity contribution is 7.10. The van der Waals surface area contributed by atoms with Crippen LogP contribution >= 0.6 is 11.3 Å². The molecule has 3 rings (SSSR count). The molecule has 0 saturated carbocycles. The molecule has 0 spiro atoms. The normalized spacial score (nSPS) is 12.1. The number of hydrogen-bond acceptors (Lipinski definition) is 6. The Balaban J connectivity index is 1.77. The predicted molar refractivity (Wildman–Crippen MR) is 108 cm³/mol. The molecule has 0 unspecified atom stereocenters. The van der Waals surface area contributed by atoms with Gasteiger partial charge in [0.2, 0.25) is 0 Å². The van der Waals surface area contributed by atoms with Gasteiger partial charge < -0.3 is 10.1 Å². The number of esters is 1. The van der Waals surface area contributed by atoms with Crippen LogP contribution in [0.4, 0.5) is 0 Å². The van der Waals surface area contributed by atoms with Crippen LogP contribution in [0, 0.1) is 0 Å². The molecule has 2 aromatic heterocycles. The van der Waals surface area contributed by atoms with E-state index in [0.29, 0.717) is 10.8 Å². The second-order valence-corrected chi connectivity index (χ2v) is 7.60. The van der Waals surface area contributed by atoms with Crippen molar-refractivity contribution in [3.05, 3.63) is 62.7 Å². The average molecular weight is 399 g/mol. The number of hydrogen-bond donors (Lipinski definition) is 1. The Kier molecular flexibility index (Phi) is 5.89. The van der Waals surface area contributed by atoms with Crippen LogP contribution in [0.3, 0.4) is 0 Å². The first kappa shape index (κ1) is 19.8. The quantitative estimate of drug-likeness (QED) is 0.644. The Hall–Kier alpha value is -3.00. The van der Waals surface area contributed by atoms with E-state index in [4.69, 9.17) is 4.74 Å². The van der Waals surface area contributed by atoms with Crippen molar-refractivity contribution in [2.75, 3.05) is 6.61 Å². The molecule has 0 aliphatic heterocycles. The third-order valence-corrected chi connectivity index (χ3v) is 5.25. The second kappa shape index (κ2) is 8.35. The predicted octanol–water partition coefficient (Wildman–Crippen LogP) is 3.07.